The van der Waals surface area contributed by atoms with Gasteiger partial charge in [0.15, 0.2) is 0 Å². The van der Waals surface area contributed by atoms with E-state index in [1.807, 2.05) is 0 Å². The van der Waals surface area contributed by atoms with Crippen molar-refractivity contribution in [2.75, 3.05) is 11.9 Å². The second-order valence-corrected chi connectivity index (χ2v) is 5.87. The molecular formula is C17H13N7O6. The Morgan fingerprint density at radius 1 is 1.00 bits per heavy atom. The van der Waals surface area contributed by atoms with E-state index in [4.69, 9.17) is 0 Å². The van der Waals surface area contributed by atoms with Crippen LogP contribution in [0.2, 0.25) is 0 Å². The maximum absolute atomic E-state index is 12.2. The topological polar surface area (TPSA) is 175 Å². The molecule has 0 saturated carbocycles. The van der Waals surface area contributed by atoms with Gasteiger partial charge in [-0.3, -0.25) is 29.8 Å². The summed E-state index contributed by atoms with van der Waals surface area (Å²) in [7, 11) is 0. The lowest BCUT2D eigenvalue weighted by Gasteiger charge is -2.08. The summed E-state index contributed by atoms with van der Waals surface area (Å²) in [5, 5.41) is 30.6. The van der Waals surface area contributed by atoms with Gasteiger partial charge in [0.05, 0.1) is 33.7 Å². The summed E-state index contributed by atoms with van der Waals surface area (Å²) in [5.41, 5.74) is -0.325. The van der Waals surface area contributed by atoms with Gasteiger partial charge in [-0.15, -0.1) is 0 Å². The molecule has 13 nitrogen and oxygen atoms in total. The predicted octanol–water partition coefficient (Wildman–Crippen LogP) is 1.45. The average Bonchev–Trinajstić information content (AvgIpc) is 3.27. The first kappa shape index (κ1) is 20.1. The second kappa shape index (κ2) is 8.55. The highest BCUT2D eigenvalue weighted by molar-refractivity contribution is 6.00. The molecule has 152 valence electrons. The summed E-state index contributed by atoms with van der Waals surface area (Å²) in [6.07, 6.45) is 2.90. The van der Waals surface area contributed by atoms with Crippen molar-refractivity contribution in [3.8, 4) is 5.69 Å². The minimum Gasteiger partial charge on any atom is -0.343 e. The average molecular weight is 411 g/mol. The largest absolute Gasteiger partial charge is 0.343 e. The highest BCUT2D eigenvalue weighted by Gasteiger charge is 2.20. The predicted molar refractivity (Wildman–Crippen MR) is 102 cm³/mol. The summed E-state index contributed by atoms with van der Waals surface area (Å²) in [6, 6.07) is 9.18. The van der Waals surface area contributed by atoms with E-state index in [1.165, 1.54) is 17.3 Å². The molecule has 13 heteroatoms. The molecule has 2 amide bonds. The molecule has 1 heterocycles. The van der Waals surface area contributed by atoms with Crippen molar-refractivity contribution in [2.24, 2.45) is 0 Å². The minimum absolute atomic E-state index is 0.305. The third kappa shape index (κ3) is 4.78. The number of benzene rings is 2. The molecule has 1 aromatic heterocycles. The lowest BCUT2D eigenvalue weighted by atomic mass is 10.1. The number of non-ortho nitro benzene ring substituents is 2. The van der Waals surface area contributed by atoms with Crippen molar-refractivity contribution < 1.29 is 19.4 Å². The zero-order chi connectivity index (χ0) is 21.7. The SMILES string of the molecule is O=C(CNC(=O)c1cc([N+](=O)[O-])cc([N+](=O)[O-])c1)Nc1ccc(-n2cncn2)cc1. The Labute approximate surface area is 167 Å². The Kier molecular flexibility index (Phi) is 5.72. The third-order valence-electron chi connectivity index (χ3n) is 3.83. The van der Waals surface area contributed by atoms with Crippen molar-refractivity contribution >= 4 is 28.9 Å². The number of carbonyl (C=O) groups excluding carboxylic acids is 2. The molecule has 0 aliphatic carbocycles. The summed E-state index contributed by atoms with van der Waals surface area (Å²) in [6.45, 7) is -0.444. The van der Waals surface area contributed by atoms with E-state index in [-0.39, 0.29) is 5.56 Å². The van der Waals surface area contributed by atoms with Gasteiger partial charge < -0.3 is 10.6 Å². The molecule has 0 aliphatic heterocycles. The van der Waals surface area contributed by atoms with Gasteiger partial charge in [0.1, 0.15) is 12.7 Å². The zero-order valence-electron chi connectivity index (χ0n) is 15.1. The van der Waals surface area contributed by atoms with E-state index in [0.29, 0.717) is 5.69 Å². The van der Waals surface area contributed by atoms with Gasteiger partial charge in [0.2, 0.25) is 5.91 Å². The van der Waals surface area contributed by atoms with Crippen LogP contribution >= 0.6 is 0 Å². The van der Waals surface area contributed by atoms with Crippen LogP contribution in [0.1, 0.15) is 10.4 Å². The molecule has 0 atom stereocenters. The minimum atomic E-state index is -0.863. The first-order valence-electron chi connectivity index (χ1n) is 8.30. The lowest BCUT2D eigenvalue weighted by Crippen LogP contribution is -2.32. The fourth-order valence-corrected chi connectivity index (χ4v) is 2.44. The number of nitro groups is 2. The van der Waals surface area contributed by atoms with Crippen LogP contribution in [-0.2, 0) is 4.79 Å². The van der Waals surface area contributed by atoms with Gasteiger partial charge in [-0.25, -0.2) is 9.67 Å². The second-order valence-electron chi connectivity index (χ2n) is 5.87. The number of anilines is 1. The van der Waals surface area contributed by atoms with Crippen molar-refractivity contribution in [3.05, 3.63) is 80.9 Å². The molecule has 0 spiro atoms. The maximum atomic E-state index is 12.2. The zero-order valence-corrected chi connectivity index (χ0v) is 15.1. The number of hydrogen-bond acceptors (Lipinski definition) is 8. The maximum Gasteiger partial charge on any atom is 0.277 e. The molecule has 0 saturated heterocycles. The number of hydrogen-bond donors (Lipinski definition) is 2. The standard InChI is InChI=1S/C17H13N7O6/c25-16(21-12-1-3-13(4-2-12)22-10-18-9-20-22)8-19-17(26)11-5-14(23(27)28)7-15(6-11)24(29)30/h1-7,9-10H,8H2,(H,19,26)(H,21,25). The number of amides is 2. The molecule has 0 fully saturated rings. The number of nitrogens with one attached hydrogen (secondary N) is 2. The summed E-state index contributed by atoms with van der Waals surface area (Å²) < 4.78 is 1.53. The Hall–Kier alpha value is -4.68. The van der Waals surface area contributed by atoms with Crippen molar-refractivity contribution in [1.82, 2.24) is 20.1 Å². The van der Waals surface area contributed by atoms with Crippen molar-refractivity contribution in [3.63, 3.8) is 0 Å². The van der Waals surface area contributed by atoms with Crippen LogP contribution in [0.4, 0.5) is 17.1 Å². The molecule has 3 rings (SSSR count). The third-order valence-corrected chi connectivity index (χ3v) is 3.83. The molecular weight excluding hydrogens is 398 g/mol. The van der Waals surface area contributed by atoms with Gasteiger partial charge >= 0.3 is 0 Å². The van der Waals surface area contributed by atoms with Crippen LogP contribution in [0.3, 0.4) is 0 Å². The Bertz CT molecular complexity index is 1080. The molecule has 0 bridgehead atoms. The first-order chi connectivity index (χ1) is 14.3. The molecule has 0 radical (unpaired) electrons. The normalized spacial score (nSPS) is 10.3. The van der Waals surface area contributed by atoms with Gasteiger partial charge in [-0.2, -0.15) is 5.10 Å². The van der Waals surface area contributed by atoms with E-state index in [0.717, 1.165) is 23.9 Å². The number of rotatable bonds is 7. The van der Waals surface area contributed by atoms with Crippen LogP contribution in [-0.4, -0.2) is 43.0 Å². The molecule has 3 aromatic rings. The molecule has 0 unspecified atom stereocenters. The number of carbonyl (C=O) groups is 2. The van der Waals surface area contributed by atoms with Crippen molar-refractivity contribution in [2.45, 2.75) is 0 Å². The Morgan fingerprint density at radius 3 is 2.17 bits per heavy atom. The summed E-state index contributed by atoms with van der Waals surface area (Å²) >= 11 is 0. The molecule has 2 N–H and O–H groups in total. The molecule has 30 heavy (non-hydrogen) atoms. The van der Waals surface area contributed by atoms with Crippen LogP contribution < -0.4 is 10.6 Å². The van der Waals surface area contributed by atoms with Gasteiger partial charge in [-0.1, -0.05) is 0 Å². The van der Waals surface area contributed by atoms with Crippen LogP contribution in [0.5, 0.6) is 0 Å². The first-order valence-corrected chi connectivity index (χ1v) is 8.30. The molecule has 2 aromatic carbocycles. The lowest BCUT2D eigenvalue weighted by molar-refractivity contribution is -0.394. The van der Waals surface area contributed by atoms with Crippen LogP contribution in [0.15, 0.2) is 55.1 Å². The van der Waals surface area contributed by atoms with Crippen molar-refractivity contribution in [1.29, 1.82) is 0 Å². The number of aromatic nitrogens is 3. The monoisotopic (exact) mass is 411 g/mol. The van der Waals surface area contributed by atoms with E-state index in [9.17, 15) is 29.8 Å². The highest BCUT2D eigenvalue weighted by atomic mass is 16.6. The quantitative estimate of drug-likeness (QED) is 0.433. The Balaban J connectivity index is 1.61. The smallest absolute Gasteiger partial charge is 0.277 e. The van der Waals surface area contributed by atoms with Gasteiger partial charge in [0.25, 0.3) is 17.3 Å². The van der Waals surface area contributed by atoms with Gasteiger partial charge in [-0.05, 0) is 24.3 Å². The van der Waals surface area contributed by atoms with Crippen LogP contribution in [0, 0.1) is 20.2 Å². The number of nitro benzene ring substituents is 2. The van der Waals surface area contributed by atoms with Gasteiger partial charge in [0, 0.05) is 17.8 Å². The summed E-state index contributed by atoms with van der Waals surface area (Å²) in [4.78, 5) is 48.1. The summed E-state index contributed by atoms with van der Waals surface area (Å²) in [5.74, 6) is -1.42. The van der Waals surface area contributed by atoms with Crippen LogP contribution in [0.25, 0.3) is 5.69 Å². The Morgan fingerprint density at radius 2 is 1.63 bits per heavy atom. The van der Waals surface area contributed by atoms with E-state index in [1.54, 1.807) is 24.3 Å². The fourth-order valence-electron chi connectivity index (χ4n) is 2.44. The van der Waals surface area contributed by atoms with E-state index < -0.39 is 39.6 Å². The number of nitrogens with zero attached hydrogens (tertiary/aromatic N) is 5. The van der Waals surface area contributed by atoms with E-state index >= 15 is 0 Å². The van der Waals surface area contributed by atoms with E-state index in [2.05, 4.69) is 20.7 Å². The molecule has 0 aliphatic rings. The highest BCUT2D eigenvalue weighted by Crippen LogP contribution is 2.22. The fraction of sp³-hybridized carbons (Fsp3) is 0.0588.